The van der Waals surface area contributed by atoms with E-state index in [9.17, 15) is 9.18 Å². The van der Waals surface area contributed by atoms with Crippen LogP contribution in [-0.2, 0) is 16.0 Å². The first kappa shape index (κ1) is 16.2. The van der Waals surface area contributed by atoms with Gasteiger partial charge in [-0.2, -0.15) is 0 Å². The van der Waals surface area contributed by atoms with Crippen LogP contribution in [-0.4, -0.2) is 19.0 Å². The Balaban J connectivity index is 1.86. The maximum absolute atomic E-state index is 13.4. The van der Waals surface area contributed by atoms with Crippen LogP contribution in [0, 0.1) is 5.82 Å². The molecule has 0 aliphatic carbocycles. The van der Waals surface area contributed by atoms with Crippen LogP contribution < -0.4 is 4.74 Å². The number of aliphatic imine (C=N–C) groups is 1. The number of carbonyl (C=O) groups is 1. The summed E-state index contributed by atoms with van der Waals surface area (Å²) in [5.74, 6) is -0.286. The third-order valence-electron chi connectivity index (χ3n) is 3.42. The largest absolute Gasteiger partial charge is 0.496 e. The van der Waals surface area contributed by atoms with Gasteiger partial charge in [0, 0.05) is 17.0 Å². The lowest BCUT2D eigenvalue weighted by Gasteiger charge is -2.04. The fourth-order valence-corrected chi connectivity index (χ4v) is 2.40. The Kier molecular flexibility index (Phi) is 4.62. The zero-order valence-corrected chi connectivity index (χ0v) is 13.5. The molecule has 24 heavy (non-hydrogen) atoms. The molecule has 1 aliphatic heterocycles. The summed E-state index contributed by atoms with van der Waals surface area (Å²) in [4.78, 5) is 16.1. The van der Waals surface area contributed by atoms with Crippen molar-refractivity contribution in [1.82, 2.24) is 0 Å². The Morgan fingerprint density at radius 2 is 2.00 bits per heavy atom. The summed E-state index contributed by atoms with van der Waals surface area (Å²) in [6, 6.07) is 11.2. The van der Waals surface area contributed by atoms with E-state index in [0.717, 1.165) is 5.56 Å². The average Bonchev–Trinajstić information content (AvgIpc) is 2.89. The van der Waals surface area contributed by atoms with Gasteiger partial charge < -0.3 is 9.47 Å². The van der Waals surface area contributed by atoms with Crippen molar-refractivity contribution in [2.75, 3.05) is 7.11 Å². The average molecular weight is 346 g/mol. The fourth-order valence-electron chi connectivity index (χ4n) is 2.27. The Labute approximate surface area is 143 Å². The highest BCUT2D eigenvalue weighted by Crippen LogP contribution is 2.25. The van der Waals surface area contributed by atoms with E-state index in [-0.39, 0.29) is 11.6 Å². The van der Waals surface area contributed by atoms with E-state index < -0.39 is 11.8 Å². The lowest BCUT2D eigenvalue weighted by Crippen LogP contribution is -2.06. The molecule has 2 aromatic carbocycles. The van der Waals surface area contributed by atoms with E-state index in [1.807, 2.05) is 12.1 Å². The van der Waals surface area contributed by atoms with Gasteiger partial charge in [-0.25, -0.2) is 14.2 Å². The second-order valence-electron chi connectivity index (χ2n) is 5.11. The van der Waals surface area contributed by atoms with Crippen molar-refractivity contribution in [3.05, 3.63) is 70.1 Å². The van der Waals surface area contributed by atoms with Crippen molar-refractivity contribution < 1.29 is 18.7 Å². The molecule has 1 heterocycles. The molecule has 1 aliphatic rings. The summed E-state index contributed by atoms with van der Waals surface area (Å²) in [5.41, 5.74) is 1.43. The Bertz CT molecular complexity index is 844. The number of esters is 1. The quantitative estimate of drug-likeness (QED) is 0.621. The number of carbonyl (C=O) groups excluding carboxylic acids is 1. The molecule has 6 heteroatoms. The van der Waals surface area contributed by atoms with Crippen LogP contribution in [0.5, 0.6) is 5.75 Å². The van der Waals surface area contributed by atoms with Crippen LogP contribution in [0.25, 0.3) is 6.08 Å². The van der Waals surface area contributed by atoms with E-state index in [1.165, 1.54) is 31.4 Å². The molecule has 0 saturated heterocycles. The number of halogens is 2. The monoisotopic (exact) mass is 345 g/mol. The molecule has 0 amide bonds. The summed E-state index contributed by atoms with van der Waals surface area (Å²) in [7, 11) is 1.47. The minimum atomic E-state index is -0.578. The third-order valence-corrected chi connectivity index (χ3v) is 3.67. The van der Waals surface area contributed by atoms with E-state index in [4.69, 9.17) is 21.1 Å². The standard InChI is InChI=1S/C18H13ClFNO3/c1-23-16-7-6-14(20)9-12(16)10-15-18(22)24-17(21-15)8-11-2-4-13(19)5-3-11/h2-7,9-10H,8H2,1H3/b15-10+. The van der Waals surface area contributed by atoms with E-state index in [1.54, 1.807) is 12.1 Å². The molecule has 0 aromatic heterocycles. The van der Waals surface area contributed by atoms with Gasteiger partial charge in [-0.15, -0.1) is 0 Å². The van der Waals surface area contributed by atoms with Crippen molar-refractivity contribution in [1.29, 1.82) is 0 Å². The van der Waals surface area contributed by atoms with E-state index in [0.29, 0.717) is 22.8 Å². The molecule has 0 spiro atoms. The van der Waals surface area contributed by atoms with Crippen molar-refractivity contribution >= 4 is 29.5 Å². The predicted molar refractivity (Wildman–Crippen MR) is 89.6 cm³/mol. The molecule has 0 atom stereocenters. The molecule has 0 N–H and O–H groups in total. The molecule has 0 bridgehead atoms. The number of cyclic esters (lactones) is 1. The number of nitrogens with zero attached hydrogens (tertiary/aromatic N) is 1. The normalized spacial score (nSPS) is 15.4. The van der Waals surface area contributed by atoms with E-state index in [2.05, 4.69) is 4.99 Å². The summed E-state index contributed by atoms with van der Waals surface area (Å²) in [6.07, 6.45) is 1.81. The smallest absolute Gasteiger partial charge is 0.363 e. The number of rotatable bonds is 4. The number of benzene rings is 2. The van der Waals surface area contributed by atoms with Crippen LogP contribution in [0.3, 0.4) is 0 Å². The van der Waals surface area contributed by atoms with Gasteiger partial charge in [-0.1, -0.05) is 23.7 Å². The molecule has 2 aromatic rings. The fraction of sp³-hybridized carbons (Fsp3) is 0.111. The summed E-state index contributed by atoms with van der Waals surface area (Å²) < 4.78 is 23.7. The van der Waals surface area contributed by atoms with Gasteiger partial charge in [0.05, 0.1) is 7.11 Å². The minimum Gasteiger partial charge on any atom is -0.496 e. The molecule has 0 unspecified atom stereocenters. The summed E-state index contributed by atoms with van der Waals surface area (Å²) in [5, 5.41) is 0.628. The van der Waals surface area contributed by atoms with Crippen LogP contribution >= 0.6 is 11.6 Å². The summed E-state index contributed by atoms with van der Waals surface area (Å²) in [6.45, 7) is 0. The highest BCUT2D eigenvalue weighted by Gasteiger charge is 2.23. The number of hydrogen-bond acceptors (Lipinski definition) is 4. The predicted octanol–water partition coefficient (Wildman–Crippen LogP) is 4.03. The molecular formula is C18H13ClFNO3. The lowest BCUT2D eigenvalue weighted by molar-refractivity contribution is -0.130. The van der Waals surface area contributed by atoms with E-state index >= 15 is 0 Å². The van der Waals surface area contributed by atoms with Gasteiger partial charge in [-0.3, -0.25) is 0 Å². The maximum atomic E-state index is 13.4. The second-order valence-corrected chi connectivity index (χ2v) is 5.55. The van der Waals surface area contributed by atoms with Crippen molar-refractivity contribution in [2.24, 2.45) is 4.99 Å². The molecule has 4 nitrogen and oxygen atoms in total. The van der Waals surface area contributed by atoms with Crippen LogP contribution in [0.15, 0.2) is 53.2 Å². The van der Waals surface area contributed by atoms with Gasteiger partial charge in [-0.05, 0) is 42.0 Å². The molecule has 0 fully saturated rings. The third kappa shape index (κ3) is 3.63. The number of methoxy groups -OCH3 is 1. The van der Waals surface area contributed by atoms with Crippen LogP contribution in [0.2, 0.25) is 5.02 Å². The van der Waals surface area contributed by atoms with Crippen molar-refractivity contribution in [3.63, 3.8) is 0 Å². The van der Waals surface area contributed by atoms with Crippen molar-refractivity contribution in [2.45, 2.75) is 6.42 Å². The lowest BCUT2D eigenvalue weighted by atomic mass is 10.1. The molecule has 0 radical (unpaired) electrons. The minimum absolute atomic E-state index is 0.0999. The van der Waals surface area contributed by atoms with Gasteiger partial charge in [0.25, 0.3) is 0 Å². The highest BCUT2D eigenvalue weighted by atomic mass is 35.5. The molecule has 0 saturated carbocycles. The second kappa shape index (κ2) is 6.84. The highest BCUT2D eigenvalue weighted by molar-refractivity contribution is 6.30. The SMILES string of the molecule is COc1ccc(F)cc1/C=C1/N=C(Cc2ccc(Cl)cc2)OC1=O. The maximum Gasteiger partial charge on any atom is 0.363 e. The Morgan fingerprint density at radius 3 is 2.71 bits per heavy atom. The molecule has 3 rings (SSSR count). The van der Waals surface area contributed by atoms with Crippen LogP contribution in [0.4, 0.5) is 4.39 Å². The zero-order chi connectivity index (χ0) is 17.1. The van der Waals surface area contributed by atoms with Gasteiger partial charge in [0.15, 0.2) is 5.70 Å². The number of ether oxygens (including phenoxy) is 2. The number of hydrogen-bond donors (Lipinski definition) is 0. The Hall–Kier alpha value is -2.66. The molecular weight excluding hydrogens is 333 g/mol. The van der Waals surface area contributed by atoms with Gasteiger partial charge in [0.2, 0.25) is 5.90 Å². The van der Waals surface area contributed by atoms with Gasteiger partial charge >= 0.3 is 5.97 Å². The summed E-state index contributed by atoms with van der Waals surface area (Å²) >= 11 is 5.84. The first-order chi connectivity index (χ1) is 11.5. The Morgan fingerprint density at radius 1 is 1.25 bits per heavy atom. The van der Waals surface area contributed by atoms with Gasteiger partial charge in [0.1, 0.15) is 11.6 Å². The van der Waals surface area contributed by atoms with Crippen LogP contribution in [0.1, 0.15) is 11.1 Å². The topological polar surface area (TPSA) is 47.9 Å². The first-order valence-corrected chi connectivity index (χ1v) is 7.52. The molecule has 122 valence electrons. The first-order valence-electron chi connectivity index (χ1n) is 7.14. The zero-order valence-electron chi connectivity index (χ0n) is 12.8. The van der Waals surface area contributed by atoms with Crippen molar-refractivity contribution in [3.8, 4) is 5.75 Å².